The summed E-state index contributed by atoms with van der Waals surface area (Å²) >= 11 is 1.83. The van der Waals surface area contributed by atoms with Crippen LogP contribution in [0.3, 0.4) is 0 Å². The predicted octanol–water partition coefficient (Wildman–Crippen LogP) is 3.18. The highest BCUT2D eigenvalue weighted by Crippen LogP contribution is 2.33. The first-order valence-corrected chi connectivity index (χ1v) is 11.7. The highest BCUT2D eigenvalue weighted by Gasteiger charge is 2.30. The quantitative estimate of drug-likeness (QED) is 0.560. The summed E-state index contributed by atoms with van der Waals surface area (Å²) in [5.41, 5.74) is 9.46. The zero-order valence-corrected chi connectivity index (χ0v) is 18.4. The van der Waals surface area contributed by atoms with Crippen LogP contribution in [0.5, 0.6) is 0 Å². The van der Waals surface area contributed by atoms with Gasteiger partial charge in [-0.05, 0) is 30.5 Å². The summed E-state index contributed by atoms with van der Waals surface area (Å²) < 4.78 is 0. The van der Waals surface area contributed by atoms with Gasteiger partial charge in [0.15, 0.2) is 0 Å². The Hall–Kier alpha value is -3.38. The largest absolute Gasteiger partial charge is 0.404 e. The van der Waals surface area contributed by atoms with Crippen molar-refractivity contribution in [1.82, 2.24) is 19.9 Å². The van der Waals surface area contributed by atoms with Crippen molar-refractivity contribution in [2.75, 3.05) is 23.7 Å². The molecule has 0 amide bonds. The van der Waals surface area contributed by atoms with Gasteiger partial charge in [0.1, 0.15) is 22.8 Å². The number of aliphatic imine (C=N–C) groups is 1. The molecule has 5 heterocycles. The van der Waals surface area contributed by atoms with E-state index in [1.165, 1.54) is 18.1 Å². The lowest BCUT2D eigenvalue weighted by Gasteiger charge is -2.20. The van der Waals surface area contributed by atoms with Gasteiger partial charge >= 0.3 is 0 Å². The molecule has 2 aliphatic heterocycles. The third-order valence-electron chi connectivity index (χ3n) is 6.14. The number of nitrogens with one attached hydrogen (secondary N) is 1. The number of pyridine rings is 1. The maximum Gasteiger partial charge on any atom is 0.141 e. The van der Waals surface area contributed by atoms with Gasteiger partial charge in [-0.2, -0.15) is 5.26 Å². The van der Waals surface area contributed by atoms with Crippen LogP contribution in [0.15, 0.2) is 46.9 Å². The van der Waals surface area contributed by atoms with E-state index in [0.717, 1.165) is 59.3 Å². The molecule has 9 heteroatoms. The molecule has 32 heavy (non-hydrogen) atoms. The van der Waals surface area contributed by atoms with Crippen molar-refractivity contribution in [3.63, 3.8) is 0 Å². The summed E-state index contributed by atoms with van der Waals surface area (Å²) in [6.07, 6.45) is 9.04. The summed E-state index contributed by atoms with van der Waals surface area (Å²) in [5.74, 6) is 2.43. The Kier molecular flexibility index (Phi) is 5.77. The number of aromatic nitrogens is 4. The van der Waals surface area contributed by atoms with Crippen LogP contribution in [-0.2, 0) is 6.42 Å². The van der Waals surface area contributed by atoms with E-state index in [0.29, 0.717) is 12.0 Å². The number of hydrogen-bond donors (Lipinski definition) is 2. The van der Waals surface area contributed by atoms with Gasteiger partial charge in [0.05, 0.1) is 24.2 Å². The SMILES string of the molecule is N#CCC(N=CC(=CN)c1ncnc2[nH]ccc12)C1CCN(c2ccc3c(n2)SCC3)C1. The second-order valence-electron chi connectivity index (χ2n) is 8.02. The number of aromatic amines is 1. The Bertz CT molecular complexity index is 1220. The smallest absolute Gasteiger partial charge is 0.141 e. The molecule has 0 saturated carbocycles. The second-order valence-corrected chi connectivity index (χ2v) is 9.10. The average Bonchev–Trinajstić information content (AvgIpc) is 3.58. The van der Waals surface area contributed by atoms with E-state index < -0.39 is 0 Å². The van der Waals surface area contributed by atoms with Gasteiger partial charge in [-0.25, -0.2) is 15.0 Å². The molecular weight excluding hydrogens is 420 g/mol. The molecular formula is C23H24N8S. The van der Waals surface area contributed by atoms with Crippen LogP contribution in [0.4, 0.5) is 5.82 Å². The number of thioether (sulfide) groups is 1. The van der Waals surface area contributed by atoms with Crippen molar-refractivity contribution < 1.29 is 0 Å². The van der Waals surface area contributed by atoms with Crippen molar-refractivity contribution >= 4 is 40.4 Å². The van der Waals surface area contributed by atoms with Gasteiger partial charge in [-0.15, -0.1) is 11.8 Å². The maximum absolute atomic E-state index is 9.42. The van der Waals surface area contributed by atoms with Crippen LogP contribution in [0, 0.1) is 17.2 Å². The number of allylic oxidation sites excluding steroid dienone is 1. The normalized spacial score (nSPS) is 19.5. The van der Waals surface area contributed by atoms with Gasteiger partial charge in [0.25, 0.3) is 0 Å². The van der Waals surface area contributed by atoms with Crippen molar-refractivity contribution in [2.24, 2.45) is 16.6 Å². The molecule has 1 saturated heterocycles. The Balaban J connectivity index is 1.33. The van der Waals surface area contributed by atoms with Crippen LogP contribution in [-0.4, -0.2) is 51.0 Å². The van der Waals surface area contributed by atoms with E-state index in [9.17, 15) is 5.26 Å². The molecule has 0 aromatic carbocycles. The summed E-state index contributed by atoms with van der Waals surface area (Å²) in [7, 11) is 0. The number of nitrogens with two attached hydrogens (primary N) is 1. The molecule has 5 rings (SSSR count). The molecule has 2 atom stereocenters. The van der Waals surface area contributed by atoms with Crippen molar-refractivity contribution in [2.45, 2.75) is 30.3 Å². The van der Waals surface area contributed by atoms with Crippen molar-refractivity contribution in [1.29, 1.82) is 5.26 Å². The minimum atomic E-state index is -0.104. The third kappa shape index (κ3) is 3.94. The van der Waals surface area contributed by atoms with Crippen LogP contribution in [0.25, 0.3) is 16.6 Å². The minimum absolute atomic E-state index is 0.104. The molecule has 3 N–H and O–H groups in total. The zero-order chi connectivity index (χ0) is 21.9. The molecule has 0 spiro atoms. The summed E-state index contributed by atoms with van der Waals surface area (Å²) in [4.78, 5) is 23.7. The van der Waals surface area contributed by atoms with Gasteiger partial charge in [-0.3, -0.25) is 4.99 Å². The van der Waals surface area contributed by atoms with Gasteiger partial charge in [0, 0.05) is 54.3 Å². The number of anilines is 1. The molecule has 162 valence electrons. The summed E-state index contributed by atoms with van der Waals surface area (Å²) in [6.45, 7) is 1.77. The fourth-order valence-electron chi connectivity index (χ4n) is 4.41. The van der Waals surface area contributed by atoms with Crippen molar-refractivity contribution in [3.8, 4) is 6.07 Å². The Morgan fingerprint density at radius 1 is 1.41 bits per heavy atom. The minimum Gasteiger partial charge on any atom is -0.404 e. The van der Waals surface area contributed by atoms with Crippen LogP contribution in [0.1, 0.15) is 24.1 Å². The van der Waals surface area contributed by atoms with E-state index in [-0.39, 0.29) is 12.0 Å². The fourth-order valence-corrected chi connectivity index (χ4v) is 5.44. The van der Waals surface area contributed by atoms with E-state index >= 15 is 0 Å². The van der Waals surface area contributed by atoms with Gasteiger partial charge in [0.2, 0.25) is 0 Å². The molecule has 3 aromatic rings. The lowest BCUT2D eigenvalue weighted by molar-refractivity contribution is 0.468. The molecule has 2 aliphatic rings. The summed E-state index contributed by atoms with van der Waals surface area (Å²) in [6, 6.07) is 8.46. The maximum atomic E-state index is 9.42. The Morgan fingerprint density at radius 3 is 3.22 bits per heavy atom. The highest BCUT2D eigenvalue weighted by atomic mass is 32.2. The lowest BCUT2D eigenvalue weighted by atomic mass is 9.97. The second kappa shape index (κ2) is 9.01. The van der Waals surface area contributed by atoms with E-state index in [1.54, 1.807) is 6.21 Å². The molecule has 3 aromatic heterocycles. The highest BCUT2D eigenvalue weighted by molar-refractivity contribution is 7.99. The Morgan fingerprint density at radius 2 is 2.34 bits per heavy atom. The number of rotatable bonds is 6. The molecule has 0 radical (unpaired) electrons. The molecule has 0 aliphatic carbocycles. The standard InChI is InChI=1S/C23H24N8S/c24-7-3-19(27-12-17(11-25)21-18-4-8-26-22(18)29-14-28-21)16-5-9-31(13-16)20-2-1-15-6-10-32-23(15)30-20/h1-2,4,8,11-12,14,16,19H,3,5-6,9-10,13,25H2,(H,26,28,29). The van der Waals surface area contributed by atoms with Crippen LogP contribution in [0.2, 0.25) is 0 Å². The van der Waals surface area contributed by atoms with E-state index in [1.807, 2.05) is 24.0 Å². The number of fused-ring (bicyclic) bond motifs is 2. The first-order chi connectivity index (χ1) is 15.8. The monoisotopic (exact) mass is 444 g/mol. The van der Waals surface area contributed by atoms with Crippen LogP contribution >= 0.6 is 11.8 Å². The fraction of sp³-hybridized carbons (Fsp3) is 0.348. The van der Waals surface area contributed by atoms with Gasteiger partial charge in [-0.1, -0.05) is 6.07 Å². The molecule has 8 nitrogen and oxygen atoms in total. The first-order valence-electron chi connectivity index (χ1n) is 10.7. The van der Waals surface area contributed by atoms with E-state index in [2.05, 4.69) is 38.1 Å². The third-order valence-corrected chi connectivity index (χ3v) is 7.18. The predicted molar refractivity (Wildman–Crippen MR) is 128 cm³/mol. The topological polar surface area (TPSA) is 120 Å². The molecule has 1 fully saturated rings. The number of nitrogens with zero attached hydrogens (tertiary/aromatic N) is 6. The van der Waals surface area contributed by atoms with Gasteiger partial charge < -0.3 is 15.6 Å². The number of aryl methyl sites for hydroxylation is 1. The van der Waals surface area contributed by atoms with Crippen molar-refractivity contribution in [3.05, 3.63) is 48.2 Å². The van der Waals surface area contributed by atoms with Crippen LogP contribution < -0.4 is 10.6 Å². The number of hydrogen-bond acceptors (Lipinski definition) is 8. The Labute approximate surface area is 190 Å². The van der Waals surface area contributed by atoms with E-state index in [4.69, 9.17) is 15.7 Å². The lowest BCUT2D eigenvalue weighted by Crippen LogP contribution is -2.25. The average molecular weight is 445 g/mol. The zero-order valence-electron chi connectivity index (χ0n) is 17.6. The first kappa shape index (κ1) is 20.5. The number of H-pyrrole nitrogens is 1. The number of nitriles is 1. The summed E-state index contributed by atoms with van der Waals surface area (Å²) in [5, 5.41) is 11.5. The molecule has 2 unspecified atom stereocenters. The molecule has 0 bridgehead atoms.